The molecule has 0 radical (unpaired) electrons. The highest BCUT2D eigenvalue weighted by Gasteiger charge is 2.15. The summed E-state index contributed by atoms with van der Waals surface area (Å²) in [5, 5.41) is 0. The Hall–Kier alpha value is -2.30. The monoisotopic (exact) mass is 246 g/mol. The molecule has 18 heavy (non-hydrogen) atoms. The Kier molecular flexibility index (Phi) is 3.62. The van der Waals surface area contributed by atoms with Crippen LogP contribution in [0.15, 0.2) is 41.3 Å². The normalized spacial score (nSPS) is 10.1. The van der Waals surface area contributed by atoms with E-state index in [0.29, 0.717) is 18.0 Å². The van der Waals surface area contributed by atoms with Gasteiger partial charge in [0.2, 0.25) is 5.88 Å². The predicted octanol–water partition coefficient (Wildman–Crippen LogP) is 1.96. The Labute approximate surface area is 105 Å². The van der Waals surface area contributed by atoms with Crippen molar-refractivity contribution < 1.29 is 13.9 Å². The zero-order valence-electron chi connectivity index (χ0n) is 10.3. The quantitative estimate of drug-likeness (QED) is 0.827. The van der Waals surface area contributed by atoms with E-state index >= 15 is 0 Å². The van der Waals surface area contributed by atoms with Crippen molar-refractivity contribution >= 4 is 5.91 Å². The van der Waals surface area contributed by atoms with Gasteiger partial charge in [-0.25, -0.2) is 4.98 Å². The van der Waals surface area contributed by atoms with Gasteiger partial charge in [0.05, 0.1) is 25.5 Å². The summed E-state index contributed by atoms with van der Waals surface area (Å²) in [6, 6.07) is 5.33. The van der Waals surface area contributed by atoms with E-state index < -0.39 is 0 Å². The van der Waals surface area contributed by atoms with Crippen molar-refractivity contribution in [1.82, 2.24) is 9.88 Å². The average Bonchev–Trinajstić information content (AvgIpc) is 2.92. The number of methoxy groups -OCH3 is 1. The highest BCUT2D eigenvalue weighted by Crippen LogP contribution is 2.16. The lowest BCUT2D eigenvalue weighted by Crippen LogP contribution is -2.26. The van der Waals surface area contributed by atoms with Crippen LogP contribution in [0.1, 0.15) is 15.9 Å². The molecule has 5 nitrogen and oxygen atoms in total. The third kappa shape index (κ3) is 2.51. The number of rotatable bonds is 4. The fourth-order valence-corrected chi connectivity index (χ4v) is 1.66. The first-order valence-corrected chi connectivity index (χ1v) is 5.48. The fourth-order valence-electron chi connectivity index (χ4n) is 1.66. The first-order valence-electron chi connectivity index (χ1n) is 5.48. The third-order valence-corrected chi connectivity index (χ3v) is 2.57. The molecule has 0 aromatic carbocycles. The van der Waals surface area contributed by atoms with Crippen LogP contribution in [0.25, 0.3) is 0 Å². The van der Waals surface area contributed by atoms with Gasteiger partial charge < -0.3 is 14.1 Å². The number of hydrogen-bond donors (Lipinski definition) is 0. The molecule has 0 saturated carbocycles. The lowest BCUT2D eigenvalue weighted by Gasteiger charge is -2.17. The smallest absolute Gasteiger partial charge is 0.257 e. The van der Waals surface area contributed by atoms with E-state index in [9.17, 15) is 4.79 Å². The second-order valence-corrected chi connectivity index (χ2v) is 3.85. The Morgan fingerprint density at radius 3 is 3.00 bits per heavy atom. The lowest BCUT2D eigenvalue weighted by atomic mass is 10.2. The summed E-state index contributed by atoms with van der Waals surface area (Å²) in [6.07, 6.45) is 4.56. The van der Waals surface area contributed by atoms with Gasteiger partial charge >= 0.3 is 0 Å². The highest BCUT2D eigenvalue weighted by atomic mass is 16.5. The molecule has 94 valence electrons. The van der Waals surface area contributed by atoms with E-state index in [2.05, 4.69) is 4.98 Å². The number of carbonyl (C=O) groups excluding carboxylic acids is 1. The Balaban J connectivity index is 2.11. The summed E-state index contributed by atoms with van der Waals surface area (Å²) >= 11 is 0. The summed E-state index contributed by atoms with van der Waals surface area (Å²) in [6.45, 7) is 0.432. The van der Waals surface area contributed by atoms with Gasteiger partial charge in [-0.2, -0.15) is 0 Å². The summed E-state index contributed by atoms with van der Waals surface area (Å²) in [4.78, 5) is 17.7. The molecule has 0 aliphatic heterocycles. The van der Waals surface area contributed by atoms with Crippen LogP contribution < -0.4 is 4.74 Å². The fraction of sp³-hybridized carbons (Fsp3) is 0.231. The zero-order valence-corrected chi connectivity index (χ0v) is 10.3. The molecule has 5 heteroatoms. The van der Waals surface area contributed by atoms with Crippen molar-refractivity contribution in [1.29, 1.82) is 0 Å². The first kappa shape index (κ1) is 12.2. The molecule has 2 rings (SSSR count). The number of ether oxygens (including phenoxy) is 1. The van der Waals surface area contributed by atoms with Crippen molar-refractivity contribution in [2.24, 2.45) is 0 Å². The van der Waals surface area contributed by atoms with Gasteiger partial charge in [0, 0.05) is 18.8 Å². The molecule has 0 bridgehead atoms. The molecule has 0 fully saturated rings. The molecule has 2 aromatic rings. The maximum Gasteiger partial charge on any atom is 0.257 e. The molecular weight excluding hydrogens is 232 g/mol. The largest absolute Gasteiger partial charge is 0.481 e. The minimum atomic E-state index is -0.102. The van der Waals surface area contributed by atoms with Gasteiger partial charge in [-0.3, -0.25) is 4.79 Å². The third-order valence-electron chi connectivity index (χ3n) is 2.57. The first-order chi connectivity index (χ1) is 8.72. The highest BCUT2D eigenvalue weighted by molar-refractivity contribution is 5.93. The van der Waals surface area contributed by atoms with Gasteiger partial charge in [-0.15, -0.1) is 0 Å². The van der Waals surface area contributed by atoms with Crippen LogP contribution in [0.2, 0.25) is 0 Å². The van der Waals surface area contributed by atoms with E-state index in [1.807, 2.05) is 12.1 Å². The van der Waals surface area contributed by atoms with Crippen LogP contribution in [0.3, 0.4) is 0 Å². The van der Waals surface area contributed by atoms with Crippen molar-refractivity contribution in [3.63, 3.8) is 0 Å². The number of carbonyl (C=O) groups is 1. The SMILES string of the molecule is COc1ncccc1CN(C)C(=O)c1ccoc1. The summed E-state index contributed by atoms with van der Waals surface area (Å²) in [5.74, 6) is 0.430. The second-order valence-electron chi connectivity index (χ2n) is 3.85. The van der Waals surface area contributed by atoms with Crippen LogP contribution >= 0.6 is 0 Å². The molecule has 1 amide bonds. The molecule has 2 heterocycles. The molecule has 2 aromatic heterocycles. The van der Waals surface area contributed by atoms with Crippen LogP contribution in [-0.4, -0.2) is 29.9 Å². The minimum absolute atomic E-state index is 0.102. The molecule has 0 saturated heterocycles. The van der Waals surface area contributed by atoms with E-state index in [1.165, 1.54) is 12.5 Å². The topological polar surface area (TPSA) is 55.6 Å². The Bertz CT molecular complexity index is 523. The van der Waals surface area contributed by atoms with E-state index in [-0.39, 0.29) is 5.91 Å². The van der Waals surface area contributed by atoms with Crippen molar-refractivity contribution in [3.8, 4) is 5.88 Å². The van der Waals surface area contributed by atoms with Crippen molar-refractivity contribution in [3.05, 3.63) is 48.0 Å². The lowest BCUT2D eigenvalue weighted by molar-refractivity contribution is 0.0783. The van der Waals surface area contributed by atoms with Crippen molar-refractivity contribution in [2.75, 3.05) is 14.2 Å². The van der Waals surface area contributed by atoms with Gasteiger partial charge in [0.15, 0.2) is 0 Å². The molecule has 0 spiro atoms. The van der Waals surface area contributed by atoms with Gasteiger partial charge in [0.25, 0.3) is 5.91 Å². The van der Waals surface area contributed by atoms with Crippen LogP contribution in [0.5, 0.6) is 5.88 Å². The summed E-state index contributed by atoms with van der Waals surface area (Å²) in [5.41, 5.74) is 1.39. The number of amides is 1. The number of nitrogens with zero attached hydrogens (tertiary/aromatic N) is 2. The Morgan fingerprint density at radius 2 is 2.33 bits per heavy atom. The maximum absolute atomic E-state index is 12.0. The summed E-state index contributed by atoms with van der Waals surface area (Å²) < 4.78 is 10.0. The van der Waals surface area contributed by atoms with E-state index in [4.69, 9.17) is 9.15 Å². The molecule has 0 N–H and O–H groups in total. The predicted molar refractivity (Wildman–Crippen MR) is 65.3 cm³/mol. The van der Waals surface area contributed by atoms with Crippen LogP contribution in [0, 0.1) is 0 Å². The van der Waals surface area contributed by atoms with Gasteiger partial charge in [-0.1, -0.05) is 6.07 Å². The number of furan rings is 1. The zero-order chi connectivity index (χ0) is 13.0. The van der Waals surface area contributed by atoms with E-state index in [1.54, 1.807) is 31.3 Å². The molecule has 0 unspecified atom stereocenters. The number of aromatic nitrogens is 1. The Morgan fingerprint density at radius 1 is 1.50 bits per heavy atom. The van der Waals surface area contributed by atoms with Crippen molar-refractivity contribution in [2.45, 2.75) is 6.54 Å². The van der Waals surface area contributed by atoms with Crippen LogP contribution in [-0.2, 0) is 6.54 Å². The molecule has 0 aliphatic carbocycles. The van der Waals surface area contributed by atoms with E-state index in [0.717, 1.165) is 5.56 Å². The molecule has 0 atom stereocenters. The maximum atomic E-state index is 12.0. The summed E-state index contributed by atoms with van der Waals surface area (Å²) in [7, 11) is 3.28. The minimum Gasteiger partial charge on any atom is -0.481 e. The van der Waals surface area contributed by atoms with Gasteiger partial charge in [0.1, 0.15) is 6.26 Å². The average molecular weight is 246 g/mol. The second kappa shape index (κ2) is 5.35. The number of hydrogen-bond acceptors (Lipinski definition) is 4. The van der Waals surface area contributed by atoms with Crippen LogP contribution in [0.4, 0.5) is 0 Å². The standard InChI is InChI=1S/C13H14N2O3/c1-15(13(16)11-5-7-18-9-11)8-10-4-3-6-14-12(10)17-2/h3-7,9H,8H2,1-2H3. The van der Waals surface area contributed by atoms with Gasteiger partial charge in [-0.05, 0) is 12.1 Å². The molecular formula is C13H14N2O3. The number of pyridine rings is 1. The molecule has 0 aliphatic rings.